The average molecular weight is 334 g/mol. The molecule has 1 aliphatic heterocycles. The zero-order valence-corrected chi connectivity index (χ0v) is 13.4. The van der Waals surface area contributed by atoms with Crippen LogP contribution in [-0.4, -0.2) is 22.3 Å². The molecule has 1 aromatic heterocycles. The third-order valence-corrected chi connectivity index (χ3v) is 4.57. The van der Waals surface area contributed by atoms with E-state index in [1.165, 1.54) is 24.4 Å². The molecule has 1 amide bonds. The van der Waals surface area contributed by atoms with Gasteiger partial charge < -0.3 is 10.6 Å². The van der Waals surface area contributed by atoms with Gasteiger partial charge in [-0.25, -0.2) is 9.37 Å². The van der Waals surface area contributed by atoms with E-state index < -0.39 is 0 Å². The fraction of sp³-hybridized carbons (Fsp3) is 0.294. The number of nitrogens with zero attached hydrogens (tertiary/aromatic N) is 2. The van der Waals surface area contributed by atoms with E-state index in [-0.39, 0.29) is 34.5 Å². The van der Waals surface area contributed by atoms with Crippen molar-refractivity contribution in [2.45, 2.75) is 19.4 Å². The summed E-state index contributed by atoms with van der Waals surface area (Å²) in [4.78, 5) is 18.5. The topological polar surface area (TPSA) is 59.2 Å². The first kappa shape index (κ1) is 15.7. The van der Waals surface area contributed by atoms with Crippen LogP contribution in [0.5, 0.6) is 0 Å². The van der Waals surface area contributed by atoms with Crippen LogP contribution >= 0.6 is 11.6 Å². The fourth-order valence-corrected chi connectivity index (χ4v) is 3.27. The second-order valence-electron chi connectivity index (χ2n) is 5.86. The molecule has 2 N–H and O–H groups in total. The van der Waals surface area contributed by atoms with Crippen LogP contribution in [0.1, 0.15) is 35.3 Å². The Labute approximate surface area is 139 Å². The molecule has 0 spiro atoms. The lowest BCUT2D eigenvalue weighted by Crippen LogP contribution is -2.32. The Bertz CT molecular complexity index is 752. The molecule has 23 heavy (non-hydrogen) atoms. The number of halogens is 2. The van der Waals surface area contributed by atoms with E-state index in [4.69, 9.17) is 17.3 Å². The minimum absolute atomic E-state index is 0.158. The number of carbonyl (C=O) groups is 1. The summed E-state index contributed by atoms with van der Waals surface area (Å²) in [6.07, 6.45) is 2.29. The Morgan fingerprint density at radius 2 is 2.22 bits per heavy atom. The number of hydrogen-bond donors (Lipinski definition) is 1. The molecular weight excluding hydrogens is 317 g/mol. The molecule has 1 aliphatic rings. The van der Waals surface area contributed by atoms with Gasteiger partial charge in [-0.3, -0.25) is 4.79 Å². The summed E-state index contributed by atoms with van der Waals surface area (Å²) in [5.74, 6) is -0.0261. The number of nitrogens with two attached hydrogens (primary N) is 1. The minimum atomic E-state index is -0.300. The van der Waals surface area contributed by atoms with Crippen LogP contribution in [0.4, 0.5) is 10.2 Å². The summed E-state index contributed by atoms with van der Waals surface area (Å²) >= 11 is 5.96. The van der Waals surface area contributed by atoms with Crippen molar-refractivity contribution in [2.75, 3.05) is 12.3 Å². The number of likely N-dealkylation sites (tertiary alicyclic amines) is 1. The molecule has 1 saturated heterocycles. The molecule has 120 valence electrons. The highest BCUT2D eigenvalue weighted by molar-refractivity contribution is 6.33. The highest BCUT2D eigenvalue weighted by Gasteiger charge is 2.36. The molecule has 1 fully saturated rings. The smallest absolute Gasteiger partial charge is 0.255 e. The first-order valence-corrected chi connectivity index (χ1v) is 7.82. The lowest BCUT2D eigenvalue weighted by Gasteiger charge is -2.27. The second kappa shape index (κ2) is 6.16. The standard InChI is InChI=1S/C17H17ClFN3O/c1-10-5-6-22(15(10)11-3-2-4-13(19)7-11)17(23)12-8-14(18)16(20)21-9-12/h2-4,7-10,15H,5-6H2,1H3,(H2,20,21). The van der Waals surface area contributed by atoms with Crippen LogP contribution < -0.4 is 5.73 Å². The summed E-state index contributed by atoms with van der Waals surface area (Å²) in [7, 11) is 0. The summed E-state index contributed by atoms with van der Waals surface area (Å²) in [6.45, 7) is 2.68. The maximum atomic E-state index is 13.6. The van der Waals surface area contributed by atoms with Gasteiger partial charge in [0, 0.05) is 12.7 Å². The Balaban J connectivity index is 1.94. The molecule has 2 unspecified atom stereocenters. The van der Waals surface area contributed by atoms with Crippen molar-refractivity contribution >= 4 is 23.3 Å². The predicted molar refractivity (Wildman–Crippen MR) is 87.6 cm³/mol. The Hall–Kier alpha value is -2.14. The molecule has 4 nitrogen and oxygen atoms in total. The van der Waals surface area contributed by atoms with Gasteiger partial charge >= 0.3 is 0 Å². The van der Waals surface area contributed by atoms with Gasteiger partial charge in [0.05, 0.1) is 16.6 Å². The summed E-state index contributed by atoms with van der Waals surface area (Å²) in [6, 6.07) is 7.77. The lowest BCUT2D eigenvalue weighted by atomic mass is 9.95. The Morgan fingerprint density at radius 3 is 2.91 bits per heavy atom. The van der Waals surface area contributed by atoms with E-state index in [0.29, 0.717) is 12.1 Å². The number of carbonyl (C=O) groups excluding carboxylic acids is 1. The van der Waals surface area contributed by atoms with Gasteiger partial charge in [0.25, 0.3) is 5.91 Å². The van der Waals surface area contributed by atoms with Crippen molar-refractivity contribution in [1.29, 1.82) is 0 Å². The Kier molecular flexibility index (Phi) is 4.22. The highest BCUT2D eigenvalue weighted by Crippen LogP contribution is 2.38. The average Bonchev–Trinajstić information content (AvgIpc) is 2.91. The second-order valence-corrected chi connectivity index (χ2v) is 6.26. The first-order valence-electron chi connectivity index (χ1n) is 7.45. The van der Waals surface area contributed by atoms with Gasteiger partial charge in [0.1, 0.15) is 11.6 Å². The van der Waals surface area contributed by atoms with Crippen molar-refractivity contribution in [3.8, 4) is 0 Å². The molecular formula is C17H17ClFN3O. The minimum Gasteiger partial charge on any atom is -0.382 e. The Morgan fingerprint density at radius 1 is 1.43 bits per heavy atom. The molecule has 6 heteroatoms. The van der Waals surface area contributed by atoms with E-state index in [1.807, 2.05) is 6.07 Å². The fourth-order valence-electron chi connectivity index (χ4n) is 3.11. The normalized spacial score (nSPS) is 20.7. The SMILES string of the molecule is CC1CCN(C(=O)c2cnc(N)c(Cl)c2)C1c1cccc(F)c1. The summed E-state index contributed by atoms with van der Waals surface area (Å²) < 4.78 is 13.6. The highest BCUT2D eigenvalue weighted by atomic mass is 35.5. The summed E-state index contributed by atoms with van der Waals surface area (Å²) in [5.41, 5.74) is 6.78. The van der Waals surface area contributed by atoms with Gasteiger partial charge in [-0.2, -0.15) is 0 Å². The van der Waals surface area contributed by atoms with E-state index in [0.717, 1.165) is 12.0 Å². The number of aromatic nitrogens is 1. The molecule has 2 atom stereocenters. The zero-order chi connectivity index (χ0) is 16.6. The van der Waals surface area contributed by atoms with Crippen LogP contribution in [0, 0.1) is 11.7 Å². The monoisotopic (exact) mass is 333 g/mol. The maximum absolute atomic E-state index is 13.6. The van der Waals surface area contributed by atoms with Gasteiger partial charge in [-0.05, 0) is 36.1 Å². The van der Waals surface area contributed by atoms with Crippen LogP contribution in [0.2, 0.25) is 5.02 Å². The number of amides is 1. The number of nitrogen functional groups attached to an aromatic ring is 1. The van der Waals surface area contributed by atoms with E-state index in [1.54, 1.807) is 11.0 Å². The lowest BCUT2D eigenvalue weighted by molar-refractivity contribution is 0.0720. The molecule has 1 aromatic carbocycles. The van der Waals surface area contributed by atoms with Gasteiger partial charge in [0.15, 0.2) is 0 Å². The molecule has 0 saturated carbocycles. The quantitative estimate of drug-likeness (QED) is 0.912. The van der Waals surface area contributed by atoms with Gasteiger partial charge in [-0.15, -0.1) is 0 Å². The van der Waals surface area contributed by atoms with Crippen LogP contribution in [0.15, 0.2) is 36.5 Å². The van der Waals surface area contributed by atoms with Crippen molar-refractivity contribution in [1.82, 2.24) is 9.88 Å². The van der Waals surface area contributed by atoms with Crippen molar-refractivity contribution in [3.63, 3.8) is 0 Å². The van der Waals surface area contributed by atoms with Crippen LogP contribution in [0.25, 0.3) is 0 Å². The third kappa shape index (κ3) is 3.01. The van der Waals surface area contributed by atoms with Crippen molar-refractivity contribution in [2.24, 2.45) is 5.92 Å². The molecule has 0 aliphatic carbocycles. The molecule has 3 rings (SSSR count). The third-order valence-electron chi connectivity index (χ3n) is 4.27. The van der Waals surface area contributed by atoms with Gasteiger partial charge in [-0.1, -0.05) is 30.7 Å². The number of benzene rings is 1. The number of hydrogen-bond acceptors (Lipinski definition) is 3. The molecule has 2 aromatic rings. The van der Waals surface area contributed by atoms with Crippen molar-refractivity contribution < 1.29 is 9.18 Å². The maximum Gasteiger partial charge on any atom is 0.255 e. The van der Waals surface area contributed by atoms with E-state index in [9.17, 15) is 9.18 Å². The number of rotatable bonds is 2. The number of anilines is 1. The largest absolute Gasteiger partial charge is 0.382 e. The molecule has 0 bridgehead atoms. The van der Waals surface area contributed by atoms with Crippen molar-refractivity contribution in [3.05, 3.63) is 58.5 Å². The van der Waals surface area contributed by atoms with Crippen LogP contribution in [0.3, 0.4) is 0 Å². The zero-order valence-electron chi connectivity index (χ0n) is 12.7. The van der Waals surface area contributed by atoms with E-state index >= 15 is 0 Å². The molecule has 0 radical (unpaired) electrons. The molecule has 2 heterocycles. The predicted octanol–water partition coefficient (Wildman–Crippen LogP) is 3.68. The van der Waals surface area contributed by atoms with E-state index in [2.05, 4.69) is 11.9 Å². The van der Waals surface area contributed by atoms with Crippen LogP contribution in [-0.2, 0) is 0 Å². The first-order chi connectivity index (χ1) is 11.0. The summed E-state index contributed by atoms with van der Waals surface area (Å²) in [5, 5.41) is 0.255. The van der Waals surface area contributed by atoms with Gasteiger partial charge in [0.2, 0.25) is 0 Å². The number of pyridine rings is 1.